The predicted octanol–water partition coefficient (Wildman–Crippen LogP) is -0.173. The van der Waals surface area contributed by atoms with Crippen LogP contribution in [0.5, 0.6) is 0 Å². The molecule has 1 aliphatic carbocycles. The van der Waals surface area contributed by atoms with Gasteiger partial charge in [0.25, 0.3) is 0 Å². The SMILES string of the molecule is O=C([O-])CCCCCCCC1C=CCCC1.[Na+]. The molecule has 0 N–H and O–H groups in total. The molecule has 0 aromatic carbocycles. The zero-order valence-corrected chi connectivity index (χ0v) is 13.1. The van der Waals surface area contributed by atoms with E-state index in [1.807, 2.05) is 0 Å². The molecule has 3 heteroatoms. The summed E-state index contributed by atoms with van der Waals surface area (Å²) in [6.07, 6.45) is 15.7. The van der Waals surface area contributed by atoms with Crippen molar-refractivity contribution >= 4 is 5.97 Å². The fourth-order valence-electron chi connectivity index (χ4n) is 2.33. The van der Waals surface area contributed by atoms with Gasteiger partial charge < -0.3 is 9.90 Å². The van der Waals surface area contributed by atoms with E-state index in [-0.39, 0.29) is 36.0 Å². The average Bonchev–Trinajstić information content (AvgIpc) is 2.29. The van der Waals surface area contributed by atoms with Gasteiger partial charge in [-0.1, -0.05) is 37.8 Å². The van der Waals surface area contributed by atoms with Crippen LogP contribution in [0.2, 0.25) is 0 Å². The van der Waals surface area contributed by atoms with Crippen LogP contribution in [0.15, 0.2) is 12.2 Å². The first-order chi connectivity index (χ1) is 7.79. The Labute approximate surface area is 127 Å². The first kappa shape index (κ1) is 17.2. The maximum atomic E-state index is 10.2. The van der Waals surface area contributed by atoms with E-state index in [9.17, 15) is 9.90 Å². The van der Waals surface area contributed by atoms with E-state index >= 15 is 0 Å². The summed E-state index contributed by atoms with van der Waals surface area (Å²) >= 11 is 0. The van der Waals surface area contributed by atoms with E-state index in [0.717, 1.165) is 18.8 Å². The van der Waals surface area contributed by atoms with E-state index < -0.39 is 5.97 Å². The van der Waals surface area contributed by atoms with Crippen LogP contribution >= 0.6 is 0 Å². The van der Waals surface area contributed by atoms with Crippen LogP contribution in [0.25, 0.3) is 0 Å². The van der Waals surface area contributed by atoms with Crippen LogP contribution in [0.3, 0.4) is 0 Å². The Bertz CT molecular complexity index is 226. The molecule has 0 radical (unpaired) electrons. The van der Waals surface area contributed by atoms with E-state index in [4.69, 9.17) is 0 Å². The number of carbonyl (C=O) groups excluding carboxylic acids is 1. The largest absolute Gasteiger partial charge is 1.00 e. The van der Waals surface area contributed by atoms with Crippen LogP contribution in [-0.2, 0) is 4.79 Å². The molecule has 0 amide bonds. The maximum absolute atomic E-state index is 10.2. The summed E-state index contributed by atoms with van der Waals surface area (Å²) in [5.74, 6) is -0.0932. The molecule has 0 aliphatic heterocycles. The van der Waals surface area contributed by atoms with Crippen LogP contribution < -0.4 is 34.7 Å². The number of rotatable bonds is 8. The fraction of sp³-hybridized carbons (Fsp3) is 0.786. The van der Waals surface area contributed by atoms with E-state index in [0.29, 0.717) is 0 Å². The third-order valence-corrected chi connectivity index (χ3v) is 3.31. The summed E-state index contributed by atoms with van der Waals surface area (Å²) in [7, 11) is 0. The Morgan fingerprint density at radius 1 is 1.18 bits per heavy atom. The van der Waals surface area contributed by atoms with E-state index in [2.05, 4.69) is 12.2 Å². The molecule has 1 rings (SSSR count). The summed E-state index contributed by atoms with van der Waals surface area (Å²) in [6.45, 7) is 0. The smallest absolute Gasteiger partial charge is 0.550 e. The monoisotopic (exact) mass is 246 g/mol. The van der Waals surface area contributed by atoms with Crippen LogP contribution in [0.1, 0.15) is 64.2 Å². The second-order valence-electron chi connectivity index (χ2n) is 4.80. The Morgan fingerprint density at radius 3 is 2.53 bits per heavy atom. The van der Waals surface area contributed by atoms with Gasteiger partial charge in [0.15, 0.2) is 0 Å². The van der Waals surface area contributed by atoms with Crippen LogP contribution in [0.4, 0.5) is 0 Å². The third kappa shape index (κ3) is 9.87. The molecule has 0 bridgehead atoms. The van der Waals surface area contributed by atoms with Gasteiger partial charge in [-0.15, -0.1) is 0 Å². The first-order valence-electron chi connectivity index (χ1n) is 6.65. The van der Waals surface area contributed by atoms with Crippen molar-refractivity contribution in [2.75, 3.05) is 0 Å². The molecule has 1 unspecified atom stereocenters. The van der Waals surface area contributed by atoms with E-state index in [1.54, 1.807) is 0 Å². The van der Waals surface area contributed by atoms with Crippen LogP contribution in [-0.4, -0.2) is 5.97 Å². The summed E-state index contributed by atoms with van der Waals surface area (Å²) in [5.41, 5.74) is 0. The number of carboxylic acids is 1. The molecule has 1 aliphatic rings. The minimum absolute atomic E-state index is 0. The molecular formula is C14H23NaO2. The molecule has 2 nitrogen and oxygen atoms in total. The summed E-state index contributed by atoms with van der Waals surface area (Å²) in [5, 5.41) is 10.2. The number of aliphatic carboxylic acids is 1. The standard InChI is InChI=1S/C14H24O2.Na/c15-14(16)12-8-3-1-2-5-9-13-10-6-4-7-11-13;/h6,10,13H,1-5,7-9,11-12H2,(H,15,16);/q;+1/p-1. The van der Waals surface area contributed by atoms with Crippen LogP contribution in [0, 0.1) is 5.92 Å². The summed E-state index contributed by atoms with van der Waals surface area (Å²) in [4.78, 5) is 10.2. The summed E-state index contributed by atoms with van der Waals surface area (Å²) < 4.78 is 0. The molecule has 17 heavy (non-hydrogen) atoms. The van der Waals surface area contributed by atoms with Gasteiger partial charge in [-0.3, -0.25) is 0 Å². The van der Waals surface area contributed by atoms with Gasteiger partial charge in [0.1, 0.15) is 0 Å². The molecule has 0 saturated heterocycles. The Hall–Kier alpha value is 0.210. The van der Waals surface area contributed by atoms with Crippen molar-refractivity contribution in [3.05, 3.63) is 12.2 Å². The van der Waals surface area contributed by atoms with Gasteiger partial charge in [-0.25, -0.2) is 0 Å². The Kier molecular flexibility index (Phi) is 11.4. The number of carbonyl (C=O) groups is 1. The van der Waals surface area contributed by atoms with Gasteiger partial charge in [-0.2, -0.15) is 0 Å². The Morgan fingerprint density at radius 2 is 1.88 bits per heavy atom. The van der Waals surface area contributed by atoms with Gasteiger partial charge in [0, 0.05) is 5.97 Å². The van der Waals surface area contributed by atoms with Crippen molar-refractivity contribution in [1.29, 1.82) is 0 Å². The number of allylic oxidation sites excluding steroid dienone is 2. The van der Waals surface area contributed by atoms with E-state index in [1.165, 1.54) is 44.9 Å². The van der Waals surface area contributed by atoms with Gasteiger partial charge in [0.05, 0.1) is 0 Å². The predicted molar refractivity (Wildman–Crippen MR) is 63.8 cm³/mol. The normalized spacial score (nSPS) is 18.7. The first-order valence-corrected chi connectivity index (χ1v) is 6.65. The number of hydrogen-bond acceptors (Lipinski definition) is 2. The van der Waals surface area contributed by atoms with Gasteiger partial charge in [0.2, 0.25) is 0 Å². The molecule has 92 valence electrons. The van der Waals surface area contributed by atoms with Crippen molar-refractivity contribution in [3.8, 4) is 0 Å². The molecule has 0 aromatic heterocycles. The quantitative estimate of drug-likeness (QED) is 0.339. The Balaban J connectivity index is 0.00000256. The zero-order valence-electron chi connectivity index (χ0n) is 11.1. The summed E-state index contributed by atoms with van der Waals surface area (Å²) in [6, 6.07) is 0. The van der Waals surface area contributed by atoms with Gasteiger partial charge in [-0.05, 0) is 44.4 Å². The van der Waals surface area contributed by atoms with Gasteiger partial charge >= 0.3 is 29.6 Å². The topological polar surface area (TPSA) is 40.1 Å². The average molecular weight is 246 g/mol. The molecular weight excluding hydrogens is 223 g/mol. The minimum atomic E-state index is -0.910. The fourth-order valence-corrected chi connectivity index (χ4v) is 2.33. The third-order valence-electron chi connectivity index (χ3n) is 3.31. The van der Waals surface area contributed by atoms with Crippen molar-refractivity contribution in [3.63, 3.8) is 0 Å². The number of carboxylic acid groups (broad SMARTS) is 1. The maximum Gasteiger partial charge on any atom is 1.00 e. The van der Waals surface area contributed by atoms with Crippen molar-refractivity contribution in [2.45, 2.75) is 64.2 Å². The zero-order chi connectivity index (χ0) is 11.6. The molecule has 1 atom stereocenters. The van der Waals surface area contributed by atoms with Crippen molar-refractivity contribution in [2.24, 2.45) is 5.92 Å². The molecule has 0 fully saturated rings. The van der Waals surface area contributed by atoms with Crippen molar-refractivity contribution < 1.29 is 39.5 Å². The molecule has 0 spiro atoms. The second-order valence-corrected chi connectivity index (χ2v) is 4.80. The molecule has 0 heterocycles. The number of hydrogen-bond donors (Lipinski definition) is 0. The minimum Gasteiger partial charge on any atom is -0.550 e. The second kappa shape index (κ2) is 11.3. The molecule has 0 aromatic rings. The molecule has 0 saturated carbocycles. The number of unbranched alkanes of at least 4 members (excludes halogenated alkanes) is 4. The van der Waals surface area contributed by atoms with Crippen molar-refractivity contribution in [1.82, 2.24) is 0 Å².